The highest BCUT2D eigenvalue weighted by Gasteiger charge is 2.01. The first kappa shape index (κ1) is 8.74. The molecule has 4 heteroatoms. The third-order valence-electron chi connectivity index (χ3n) is 2.13. The molecule has 2 aromatic rings. The van der Waals surface area contributed by atoms with Crippen molar-refractivity contribution in [1.82, 2.24) is 14.8 Å². The number of aromatic amines is 1. The Balaban J connectivity index is 2.52. The van der Waals surface area contributed by atoms with Crippen molar-refractivity contribution in [2.45, 2.75) is 6.92 Å². The van der Waals surface area contributed by atoms with Crippen LogP contribution < -0.4 is 5.56 Å². The standard InChI is InChI=1S/C10H11N3O/c1-7-3-8(4-11-10(7)14)9-5-12-13(2)6-9/h3-6H,1-2H3,(H,11,14). The first-order valence-electron chi connectivity index (χ1n) is 4.35. The second kappa shape index (κ2) is 3.14. The minimum absolute atomic E-state index is 0.0439. The summed E-state index contributed by atoms with van der Waals surface area (Å²) in [6, 6.07) is 1.86. The van der Waals surface area contributed by atoms with Crippen LogP contribution in [0.5, 0.6) is 0 Å². The third-order valence-corrected chi connectivity index (χ3v) is 2.13. The smallest absolute Gasteiger partial charge is 0.250 e. The zero-order valence-corrected chi connectivity index (χ0v) is 8.11. The number of pyridine rings is 1. The molecule has 0 saturated carbocycles. The SMILES string of the molecule is Cc1cc(-c2cnn(C)c2)c[nH]c1=O. The highest BCUT2D eigenvalue weighted by molar-refractivity contribution is 5.60. The Morgan fingerprint density at radius 3 is 2.79 bits per heavy atom. The summed E-state index contributed by atoms with van der Waals surface area (Å²) in [7, 11) is 1.86. The molecule has 1 N–H and O–H groups in total. The van der Waals surface area contributed by atoms with Gasteiger partial charge >= 0.3 is 0 Å². The van der Waals surface area contributed by atoms with Crippen LogP contribution in [0.2, 0.25) is 0 Å². The summed E-state index contributed by atoms with van der Waals surface area (Å²) in [5.74, 6) is 0. The molecule has 2 aromatic heterocycles. The summed E-state index contributed by atoms with van der Waals surface area (Å²) in [4.78, 5) is 13.8. The Morgan fingerprint density at radius 1 is 1.43 bits per heavy atom. The average molecular weight is 189 g/mol. The molecular weight excluding hydrogens is 178 g/mol. The fraction of sp³-hybridized carbons (Fsp3) is 0.200. The van der Waals surface area contributed by atoms with Gasteiger partial charge in [-0.1, -0.05) is 0 Å². The molecule has 0 aliphatic carbocycles. The summed E-state index contributed by atoms with van der Waals surface area (Å²) in [6.45, 7) is 1.79. The molecule has 0 radical (unpaired) electrons. The van der Waals surface area contributed by atoms with Crippen LogP contribution in [-0.4, -0.2) is 14.8 Å². The molecule has 0 bridgehead atoms. The van der Waals surface area contributed by atoms with Crippen molar-refractivity contribution >= 4 is 0 Å². The van der Waals surface area contributed by atoms with Crippen LogP contribution in [0.1, 0.15) is 5.56 Å². The number of aryl methyl sites for hydroxylation is 2. The second-order valence-corrected chi connectivity index (χ2v) is 3.30. The molecule has 14 heavy (non-hydrogen) atoms. The third kappa shape index (κ3) is 1.46. The van der Waals surface area contributed by atoms with E-state index in [0.29, 0.717) is 5.56 Å². The molecule has 0 saturated heterocycles. The molecule has 0 aliphatic heterocycles. The van der Waals surface area contributed by atoms with E-state index in [0.717, 1.165) is 11.1 Å². The lowest BCUT2D eigenvalue weighted by atomic mass is 10.1. The molecule has 0 aromatic carbocycles. The van der Waals surface area contributed by atoms with Crippen LogP contribution in [0.4, 0.5) is 0 Å². The lowest BCUT2D eigenvalue weighted by Gasteiger charge is -1.97. The van der Waals surface area contributed by atoms with Gasteiger partial charge < -0.3 is 4.98 Å². The number of hydrogen-bond donors (Lipinski definition) is 1. The van der Waals surface area contributed by atoms with Crippen molar-refractivity contribution in [2.75, 3.05) is 0 Å². The molecule has 0 atom stereocenters. The first-order valence-corrected chi connectivity index (χ1v) is 4.35. The molecule has 0 spiro atoms. The maximum Gasteiger partial charge on any atom is 0.250 e. The van der Waals surface area contributed by atoms with Crippen molar-refractivity contribution in [3.63, 3.8) is 0 Å². The summed E-state index contributed by atoms with van der Waals surface area (Å²) < 4.78 is 1.73. The molecule has 2 rings (SSSR count). The molecular formula is C10H11N3O. The van der Waals surface area contributed by atoms with Crippen LogP contribution in [0.25, 0.3) is 11.1 Å². The van der Waals surface area contributed by atoms with Crippen molar-refractivity contribution < 1.29 is 0 Å². The van der Waals surface area contributed by atoms with E-state index in [-0.39, 0.29) is 5.56 Å². The summed E-state index contributed by atoms with van der Waals surface area (Å²) in [5, 5.41) is 4.07. The minimum atomic E-state index is -0.0439. The second-order valence-electron chi connectivity index (χ2n) is 3.30. The van der Waals surface area contributed by atoms with E-state index in [2.05, 4.69) is 10.1 Å². The van der Waals surface area contributed by atoms with Crippen molar-refractivity contribution in [1.29, 1.82) is 0 Å². The van der Waals surface area contributed by atoms with Gasteiger partial charge in [0, 0.05) is 36.1 Å². The summed E-state index contributed by atoms with van der Waals surface area (Å²) >= 11 is 0. The number of rotatable bonds is 1. The van der Waals surface area contributed by atoms with Crippen LogP contribution in [0, 0.1) is 6.92 Å². The highest BCUT2D eigenvalue weighted by atomic mass is 16.1. The van der Waals surface area contributed by atoms with Gasteiger partial charge in [-0.15, -0.1) is 0 Å². The number of aromatic nitrogens is 3. The number of H-pyrrole nitrogens is 1. The predicted octanol–water partition coefficient (Wildman–Crippen LogP) is 1.08. The quantitative estimate of drug-likeness (QED) is 0.729. The van der Waals surface area contributed by atoms with E-state index >= 15 is 0 Å². The summed E-state index contributed by atoms with van der Waals surface area (Å²) in [5.41, 5.74) is 2.66. The van der Waals surface area contributed by atoms with Gasteiger partial charge in [-0.3, -0.25) is 9.48 Å². The van der Waals surface area contributed by atoms with E-state index in [9.17, 15) is 4.79 Å². The molecule has 72 valence electrons. The van der Waals surface area contributed by atoms with Crippen LogP contribution in [0.15, 0.2) is 29.5 Å². The van der Waals surface area contributed by atoms with E-state index in [1.54, 1.807) is 24.0 Å². The molecule has 2 heterocycles. The van der Waals surface area contributed by atoms with E-state index in [4.69, 9.17) is 0 Å². The molecule has 4 nitrogen and oxygen atoms in total. The van der Waals surface area contributed by atoms with Gasteiger partial charge in [0.05, 0.1) is 6.20 Å². The Morgan fingerprint density at radius 2 is 2.21 bits per heavy atom. The molecule has 0 fully saturated rings. The first-order chi connectivity index (χ1) is 6.66. The van der Waals surface area contributed by atoms with Gasteiger partial charge in [0.2, 0.25) is 0 Å². The van der Waals surface area contributed by atoms with E-state index < -0.39 is 0 Å². The van der Waals surface area contributed by atoms with Gasteiger partial charge in [-0.05, 0) is 13.0 Å². The number of nitrogens with one attached hydrogen (secondary N) is 1. The lowest BCUT2D eigenvalue weighted by Crippen LogP contribution is -2.07. The topological polar surface area (TPSA) is 50.7 Å². The van der Waals surface area contributed by atoms with Gasteiger partial charge in [0.1, 0.15) is 0 Å². The van der Waals surface area contributed by atoms with Crippen LogP contribution in [0.3, 0.4) is 0 Å². The Hall–Kier alpha value is -1.84. The van der Waals surface area contributed by atoms with Gasteiger partial charge in [0.25, 0.3) is 5.56 Å². The Kier molecular flexibility index (Phi) is 1.96. The van der Waals surface area contributed by atoms with Gasteiger partial charge in [-0.25, -0.2) is 0 Å². The number of hydrogen-bond acceptors (Lipinski definition) is 2. The van der Waals surface area contributed by atoms with E-state index in [1.807, 2.05) is 19.3 Å². The van der Waals surface area contributed by atoms with Crippen LogP contribution >= 0.6 is 0 Å². The fourth-order valence-corrected chi connectivity index (χ4v) is 1.33. The zero-order chi connectivity index (χ0) is 10.1. The minimum Gasteiger partial charge on any atom is -0.328 e. The summed E-state index contributed by atoms with van der Waals surface area (Å²) in [6.07, 6.45) is 5.38. The van der Waals surface area contributed by atoms with E-state index in [1.165, 1.54) is 0 Å². The maximum atomic E-state index is 11.1. The van der Waals surface area contributed by atoms with Crippen molar-refractivity contribution in [3.8, 4) is 11.1 Å². The lowest BCUT2D eigenvalue weighted by molar-refractivity contribution is 0.768. The largest absolute Gasteiger partial charge is 0.328 e. The highest BCUT2D eigenvalue weighted by Crippen LogP contribution is 2.16. The number of nitrogens with zero attached hydrogens (tertiary/aromatic N) is 2. The molecule has 0 unspecified atom stereocenters. The van der Waals surface area contributed by atoms with Crippen LogP contribution in [-0.2, 0) is 7.05 Å². The van der Waals surface area contributed by atoms with Crippen molar-refractivity contribution in [3.05, 3.63) is 40.6 Å². The average Bonchev–Trinajstić information content (AvgIpc) is 2.57. The molecule has 0 amide bonds. The Labute approximate surface area is 81.2 Å². The zero-order valence-electron chi connectivity index (χ0n) is 8.11. The maximum absolute atomic E-state index is 11.1. The normalized spacial score (nSPS) is 10.4. The Bertz CT molecular complexity index is 510. The van der Waals surface area contributed by atoms with Gasteiger partial charge in [0.15, 0.2) is 0 Å². The predicted molar refractivity (Wildman–Crippen MR) is 54.0 cm³/mol. The monoisotopic (exact) mass is 189 g/mol. The molecule has 0 aliphatic rings. The van der Waals surface area contributed by atoms with Crippen molar-refractivity contribution in [2.24, 2.45) is 7.05 Å². The van der Waals surface area contributed by atoms with Gasteiger partial charge in [-0.2, -0.15) is 5.10 Å². The fourth-order valence-electron chi connectivity index (χ4n) is 1.33.